The average Bonchev–Trinajstić information content (AvgIpc) is 2.64. The van der Waals surface area contributed by atoms with Crippen molar-refractivity contribution in [1.29, 1.82) is 0 Å². The molecule has 1 aromatic heterocycles. The van der Waals surface area contributed by atoms with Gasteiger partial charge in [0, 0.05) is 18.3 Å². The van der Waals surface area contributed by atoms with Crippen molar-refractivity contribution in [3.8, 4) is 0 Å². The van der Waals surface area contributed by atoms with Crippen LogP contribution in [0.2, 0.25) is 5.02 Å². The molecule has 0 amide bonds. The van der Waals surface area contributed by atoms with Crippen molar-refractivity contribution in [2.45, 2.75) is 13.0 Å². The number of nitrogens with one attached hydrogen (secondary N) is 1. The molecule has 0 aliphatic rings. The lowest BCUT2D eigenvalue weighted by molar-refractivity contribution is 0.603. The number of hydrogen-bond acceptors (Lipinski definition) is 3. The topological polar surface area (TPSA) is 55.9 Å². The number of aryl methyl sites for hydroxylation is 2. The first kappa shape index (κ1) is 12.1. The van der Waals surface area contributed by atoms with Gasteiger partial charge in [-0.05, 0) is 36.2 Å². The first-order valence-electron chi connectivity index (χ1n) is 5.33. The van der Waals surface area contributed by atoms with Gasteiger partial charge in [-0.25, -0.2) is 5.43 Å². The van der Waals surface area contributed by atoms with E-state index in [9.17, 15) is 0 Å². The fraction of sp³-hybridized carbons (Fsp3) is 0.250. The minimum Gasteiger partial charge on any atom is -0.275 e. The molecule has 17 heavy (non-hydrogen) atoms. The van der Waals surface area contributed by atoms with Crippen molar-refractivity contribution >= 4 is 11.6 Å². The monoisotopic (exact) mass is 250 g/mol. The van der Waals surface area contributed by atoms with Crippen molar-refractivity contribution in [3.05, 3.63) is 52.3 Å². The van der Waals surface area contributed by atoms with E-state index in [1.165, 1.54) is 0 Å². The molecule has 90 valence electrons. The SMILES string of the molecule is Cc1cc(Cl)cc(C(NN)c2ccn(C)n2)c1. The summed E-state index contributed by atoms with van der Waals surface area (Å²) in [5.41, 5.74) is 5.75. The van der Waals surface area contributed by atoms with Gasteiger partial charge in [-0.2, -0.15) is 5.10 Å². The fourth-order valence-electron chi connectivity index (χ4n) is 1.87. The normalized spacial score (nSPS) is 12.7. The van der Waals surface area contributed by atoms with Gasteiger partial charge >= 0.3 is 0 Å². The van der Waals surface area contributed by atoms with Gasteiger partial charge in [0.1, 0.15) is 0 Å². The Hall–Kier alpha value is -1.36. The summed E-state index contributed by atoms with van der Waals surface area (Å²) in [6.07, 6.45) is 1.89. The number of aromatic nitrogens is 2. The van der Waals surface area contributed by atoms with Crippen molar-refractivity contribution in [2.75, 3.05) is 0 Å². The van der Waals surface area contributed by atoms with E-state index in [1.54, 1.807) is 4.68 Å². The van der Waals surface area contributed by atoms with Crippen LogP contribution in [-0.4, -0.2) is 9.78 Å². The van der Waals surface area contributed by atoms with Gasteiger partial charge in [0.05, 0.1) is 11.7 Å². The van der Waals surface area contributed by atoms with Gasteiger partial charge in [-0.15, -0.1) is 0 Å². The zero-order valence-corrected chi connectivity index (χ0v) is 10.6. The Balaban J connectivity index is 2.41. The van der Waals surface area contributed by atoms with E-state index in [-0.39, 0.29) is 6.04 Å². The molecule has 1 atom stereocenters. The molecular formula is C12H15ClN4. The van der Waals surface area contributed by atoms with Crippen LogP contribution in [-0.2, 0) is 7.05 Å². The molecule has 2 rings (SSSR count). The molecule has 1 heterocycles. The zero-order chi connectivity index (χ0) is 12.4. The van der Waals surface area contributed by atoms with Gasteiger partial charge in [0.15, 0.2) is 0 Å². The summed E-state index contributed by atoms with van der Waals surface area (Å²) in [6, 6.07) is 7.64. The van der Waals surface area contributed by atoms with Crippen LogP contribution in [0.1, 0.15) is 22.9 Å². The Bertz CT molecular complexity index is 501. The van der Waals surface area contributed by atoms with Crippen LogP contribution in [0, 0.1) is 6.92 Å². The minimum absolute atomic E-state index is 0.145. The van der Waals surface area contributed by atoms with Crippen LogP contribution in [0.25, 0.3) is 0 Å². The summed E-state index contributed by atoms with van der Waals surface area (Å²) in [6.45, 7) is 2.00. The quantitative estimate of drug-likeness (QED) is 0.647. The third-order valence-electron chi connectivity index (χ3n) is 2.59. The molecule has 5 heteroatoms. The Kier molecular flexibility index (Phi) is 3.47. The molecule has 0 aliphatic heterocycles. The van der Waals surface area contributed by atoms with Crippen molar-refractivity contribution < 1.29 is 0 Å². The summed E-state index contributed by atoms with van der Waals surface area (Å²) < 4.78 is 1.75. The molecule has 0 bridgehead atoms. The molecule has 0 aliphatic carbocycles. The Morgan fingerprint density at radius 1 is 1.41 bits per heavy atom. The van der Waals surface area contributed by atoms with Crippen LogP contribution >= 0.6 is 11.6 Å². The maximum Gasteiger partial charge on any atom is 0.0900 e. The number of hydrazine groups is 1. The van der Waals surface area contributed by atoms with E-state index in [2.05, 4.69) is 10.5 Å². The van der Waals surface area contributed by atoms with Gasteiger partial charge in [0.25, 0.3) is 0 Å². The lowest BCUT2D eigenvalue weighted by Crippen LogP contribution is -2.29. The Labute approximate surface area is 105 Å². The smallest absolute Gasteiger partial charge is 0.0900 e. The summed E-state index contributed by atoms with van der Waals surface area (Å²) in [7, 11) is 1.88. The van der Waals surface area contributed by atoms with Crippen molar-refractivity contribution in [1.82, 2.24) is 15.2 Å². The highest BCUT2D eigenvalue weighted by Crippen LogP contribution is 2.24. The van der Waals surface area contributed by atoms with Crippen LogP contribution in [0.3, 0.4) is 0 Å². The number of hydrogen-bond donors (Lipinski definition) is 2. The maximum atomic E-state index is 6.05. The van der Waals surface area contributed by atoms with Gasteiger partial charge < -0.3 is 0 Å². The number of rotatable bonds is 3. The number of benzene rings is 1. The third kappa shape index (κ3) is 2.66. The lowest BCUT2D eigenvalue weighted by Gasteiger charge is -2.15. The molecular weight excluding hydrogens is 236 g/mol. The number of nitrogens with zero attached hydrogens (tertiary/aromatic N) is 2. The molecule has 1 unspecified atom stereocenters. The molecule has 0 fully saturated rings. The molecule has 0 spiro atoms. The summed E-state index contributed by atoms with van der Waals surface area (Å²) in [5.74, 6) is 5.60. The largest absolute Gasteiger partial charge is 0.275 e. The van der Waals surface area contributed by atoms with Crippen LogP contribution < -0.4 is 11.3 Å². The van der Waals surface area contributed by atoms with Crippen LogP contribution in [0.4, 0.5) is 0 Å². The van der Waals surface area contributed by atoms with E-state index in [1.807, 2.05) is 44.4 Å². The molecule has 0 radical (unpaired) electrons. The Morgan fingerprint density at radius 3 is 2.71 bits per heavy atom. The van der Waals surface area contributed by atoms with E-state index < -0.39 is 0 Å². The van der Waals surface area contributed by atoms with Crippen molar-refractivity contribution in [3.63, 3.8) is 0 Å². The summed E-state index contributed by atoms with van der Waals surface area (Å²) in [4.78, 5) is 0. The molecule has 0 saturated carbocycles. The average molecular weight is 251 g/mol. The standard InChI is InChI=1S/C12H15ClN4/c1-8-5-9(7-10(13)6-8)12(15-14)11-3-4-17(2)16-11/h3-7,12,15H,14H2,1-2H3. The highest BCUT2D eigenvalue weighted by molar-refractivity contribution is 6.30. The molecule has 4 nitrogen and oxygen atoms in total. The fourth-order valence-corrected chi connectivity index (χ4v) is 2.17. The lowest BCUT2D eigenvalue weighted by atomic mass is 10.0. The molecule has 1 aromatic carbocycles. The number of halogens is 1. The Morgan fingerprint density at radius 2 is 2.18 bits per heavy atom. The number of nitrogens with two attached hydrogens (primary N) is 1. The summed E-state index contributed by atoms with van der Waals surface area (Å²) in [5, 5.41) is 5.05. The summed E-state index contributed by atoms with van der Waals surface area (Å²) >= 11 is 6.05. The molecule has 2 aromatic rings. The predicted octanol–water partition coefficient (Wildman–Crippen LogP) is 1.93. The minimum atomic E-state index is -0.145. The van der Waals surface area contributed by atoms with E-state index in [4.69, 9.17) is 17.4 Å². The highest BCUT2D eigenvalue weighted by Gasteiger charge is 2.15. The van der Waals surface area contributed by atoms with E-state index in [0.29, 0.717) is 5.02 Å². The van der Waals surface area contributed by atoms with Gasteiger partial charge in [-0.1, -0.05) is 17.7 Å². The zero-order valence-electron chi connectivity index (χ0n) is 9.81. The molecule has 3 N–H and O–H groups in total. The van der Waals surface area contributed by atoms with E-state index >= 15 is 0 Å². The first-order chi connectivity index (χ1) is 8.10. The maximum absolute atomic E-state index is 6.05. The van der Waals surface area contributed by atoms with Crippen LogP contribution in [0.5, 0.6) is 0 Å². The highest BCUT2D eigenvalue weighted by atomic mass is 35.5. The second-order valence-electron chi connectivity index (χ2n) is 4.08. The van der Waals surface area contributed by atoms with Crippen molar-refractivity contribution in [2.24, 2.45) is 12.9 Å². The van der Waals surface area contributed by atoms with Gasteiger partial charge in [0.2, 0.25) is 0 Å². The van der Waals surface area contributed by atoms with Gasteiger partial charge in [-0.3, -0.25) is 10.5 Å². The van der Waals surface area contributed by atoms with Crippen LogP contribution in [0.15, 0.2) is 30.5 Å². The third-order valence-corrected chi connectivity index (χ3v) is 2.81. The molecule has 0 saturated heterocycles. The van der Waals surface area contributed by atoms with E-state index in [0.717, 1.165) is 16.8 Å². The second-order valence-corrected chi connectivity index (χ2v) is 4.51. The second kappa shape index (κ2) is 4.87. The first-order valence-corrected chi connectivity index (χ1v) is 5.70. The predicted molar refractivity (Wildman–Crippen MR) is 68.6 cm³/mol.